The van der Waals surface area contributed by atoms with Crippen LogP contribution in [0.5, 0.6) is 0 Å². The molecule has 3 heteroatoms. The molecule has 0 aromatic carbocycles. The second-order valence-corrected chi connectivity index (χ2v) is 1.92. The quantitative estimate of drug-likeness (QED) is 0.477. The zero-order valence-electron chi connectivity index (χ0n) is 7.47. The summed E-state index contributed by atoms with van der Waals surface area (Å²) in [6, 6.07) is 2.59. The van der Waals surface area contributed by atoms with E-state index in [-0.39, 0.29) is 5.78 Å². The lowest BCUT2D eigenvalue weighted by Gasteiger charge is -1.91. The molecule has 0 unspecified atom stereocenters. The third-order valence-electron chi connectivity index (χ3n) is 1.13. The summed E-state index contributed by atoms with van der Waals surface area (Å²) in [5.41, 5.74) is 0.354. The number of carbonyl (C=O) groups is 1. The summed E-state index contributed by atoms with van der Waals surface area (Å²) in [7, 11) is 0. The number of hydrogen-bond acceptors (Lipinski definition) is 2. The summed E-state index contributed by atoms with van der Waals surface area (Å²) < 4.78 is 12.3. The molecule has 1 aromatic heterocycles. The molecule has 0 N–H and O–H groups in total. The van der Waals surface area contributed by atoms with Crippen molar-refractivity contribution in [3.63, 3.8) is 0 Å². The molecule has 0 aliphatic carbocycles. The van der Waals surface area contributed by atoms with Crippen LogP contribution in [0.15, 0.2) is 18.3 Å². The van der Waals surface area contributed by atoms with Crippen LogP contribution in [0.2, 0.25) is 0 Å². The van der Waals surface area contributed by atoms with Gasteiger partial charge in [-0.25, -0.2) is 4.98 Å². The Hall–Kier alpha value is -1.25. The van der Waals surface area contributed by atoms with Gasteiger partial charge in [-0.15, -0.1) is 0 Å². The lowest BCUT2D eigenvalue weighted by Crippen LogP contribution is -1.93. The van der Waals surface area contributed by atoms with Crippen molar-refractivity contribution < 1.29 is 9.18 Å². The van der Waals surface area contributed by atoms with E-state index >= 15 is 0 Å². The normalized spacial score (nSPS) is 8.33. The lowest BCUT2D eigenvalue weighted by atomic mass is 10.2. The molecule has 0 aliphatic rings. The number of aromatic nitrogens is 1. The number of nitrogens with zero attached hydrogens (tertiary/aromatic N) is 1. The molecule has 0 fully saturated rings. The molecular weight excluding hydrogens is 157 g/mol. The highest BCUT2D eigenvalue weighted by molar-refractivity contribution is 5.93. The molecule has 0 saturated heterocycles. The molecule has 0 aliphatic heterocycles. The Morgan fingerprint density at radius 2 is 2.08 bits per heavy atom. The Kier molecular flexibility index (Phi) is 4.84. The lowest BCUT2D eigenvalue weighted by molar-refractivity contribution is 0.101. The van der Waals surface area contributed by atoms with Crippen molar-refractivity contribution in [3.05, 3.63) is 29.8 Å². The third kappa shape index (κ3) is 3.23. The SMILES string of the molecule is CC.CC(=O)c1ccnc(F)c1. The number of ketones is 1. The maximum absolute atomic E-state index is 12.3. The van der Waals surface area contributed by atoms with Gasteiger partial charge in [0, 0.05) is 17.8 Å². The van der Waals surface area contributed by atoms with E-state index in [9.17, 15) is 9.18 Å². The number of halogens is 1. The van der Waals surface area contributed by atoms with E-state index in [1.807, 2.05) is 13.8 Å². The maximum Gasteiger partial charge on any atom is 0.213 e. The van der Waals surface area contributed by atoms with Crippen molar-refractivity contribution >= 4 is 5.78 Å². The van der Waals surface area contributed by atoms with E-state index in [0.29, 0.717) is 5.56 Å². The zero-order valence-corrected chi connectivity index (χ0v) is 7.47. The minimum Gasteiger partial charge on any atom is -0.295 e. The van der Waals surface area contributed by atoms with Crippen molar-refractivity contribution in [1.82, 2.24) is 4.98 Å². The number of Topliss-reactive ketones (excluding diaryl/α,β-unsaturated/α-hetero) is 1. The maximum atomic E-state index is 12.3. The molecule has 0 bridgehead atoms. The molecule has 66 valence electrons. The summed E-state index contributed by atoms with van der Waals surface area (Å²) >= 11 is 0. The fourth-order valence-corrected chi connectivity index (χ4v) is 0.621. The molecule has 0 amide bonds. The zero-order chi connectivity index (χ0) is 9.56. The fraction of sp³-hybridized carbons (Fsp3) is 0.333. The molecule has 2 nitrogen and oxygen atoms in total. The predicted octanol–water partition coefficient (Wildman–Crippen LogP) is 2.45. The second-order valence-electron chi connectivity index (χ2n) is 1.92. The molecule has 0 atom stereocenters. The number of rotatable bonds is 1. The second kappa shape index (κ2) is 5.41. The first kappa shape index (κ1) is 10.8. The van der Waals surface area contributed by atoms with Crippen LogP contribution in [0, 0.1) is 5.95 Å². The Morgan fingerprint density at radius 3 is 2.42 bits per heavy atom. The van der Waals surface area contributed by atoms with Gasteiger partial charge in [0.1, 0.15) is 0 Å². The number of hydrogen-bond donors (Lipinski definition) is 0. The van der Waals surface area contributed by atoms with E-state index in [1.165, 1.54) is 19.2 Å². The van der Waals surface area contributed by atoms with E-state index in [1.54, 1.807) is 0 Å². The molecule has 1 aromatic rings. The smallest absolute Gasteiger partial charge is 0.213 e. The summed E-state index contributed by atoms with van der Waals surface area (Å²) in [6.45, 7) is 5.38. The van der Waals surface area contributed by atoms with Crippen molar-refractivity contribution in [2.45, 2.75) is 20.8 Å². The van der Waals surface area contributed by atoms with E-state index in [2.05, 4.69) is 4.98 Å². The molecule has 1 heterocycles. The van der Waals surface area contributed by atoms with Crippen molar-refractivity contribution in [3.8, 4) is 0 Å². The number of carbonyl (C=O) groups excluding carboxylic acids is 1. The van der Waals surface area contributed by atoms with Gasteiger partial charge in [0.25, 0.3) is 0 Å². The van der Waals surface area contributed by atoms with E-state index < -0.39 is 5.95 Å². The monoisotopic (exact) mass is 169 g/mol. The standard InChI is InChI=1S/C7H6FNO.C2H6/c1-5(10)6-2-3-9-7(8)4-6;1-2/h2-4H,1H3;1-2H3. The Balaban J connectivity index is 0.000000561. The molecule has 0 spiro atoms. The fourth-order valence-electron chi connectivity index (χ4n) is 0.621. The Labute approximate surface area is 71.4 Å². The average Bonchev–Trinajstić information content (AvgIpc) is 2.08. The minimum atomic E-state index is -0.618. The number of pyridine rings is 1. The van der Waals surface area contributed by atoms with Crippen LogP contribution in [0.25, 0.3) is 0 Å². The summed E-state index contributed by atoms with van der Waals surface area (Å²) in [4.78, 5) is 13.9. The Bertz CT molecular complexity index is 260. The van der Waals surface area contributed by atoms with Gasteiger partial charge in [0.05, 0.1) is 0 Å². The molecule has 0 saturated carbocycles. The van der Waals surface area contributed by atoms with E-state index in [4.69, 9.17) is 0 Å². The summed E-state index contributed by atoms with van der Waals surface area (Å²) in [5, 5.41) is 0. The van der Waals surface area contributed by atoms with Gasteiger partial charge in [0.2, 0.25) is 5.95 Å². The molecule has 12 heavy (non-hydrogen) atoms. The van der Waals surface area contributed by atoms with Crippen LogP contribution in [-0.2, 0) is 0 Å². The minimum absolute atomic E-state index is 0.152. The van der Waals surface area contributed by atoms with Crippen LogP contribution in [0.3, 0.4) is 0 Å². The first-order chi connectivity index (χ1) is 5.70. The van der Waals surface area contributed by atoms with Gasteiger partial charge in [-0.2, -0.15) is 4.39 Å². The van der Waals surface area contributed by atoms with Gasteiger partial charge in [-0.05, 0) is 13.0 Å². The highest BCUT2D eigenvalue weighted by Crippen LogP contribution is 1.99. The van der Waals surface area contributed by atoms with Crippen LogP contribution in [-0.4, -0.2) is 10.8 Å². The van der Waals surface area contributed by atoms with Crippen molar-refractivity contribution in [1.29, 1.82) is 0 Å². The van der Waals surface area contributed by atoms with Gasteiger partial charge in [0.15, 0.2) is 5.78 Å². The average molecular weight is 169 g/mol. The predicted molar refractivity (Wildman–Crippen MR) is 45.5 cm³/mol. The van der Waals surface area contributed by atoms with Crippen molar-refractivity contribution in [2.75, 3.05) is 0 Å². The van der Waals surface area contributed by atoms with E-state index in [0.717, 1.165) is 6.07 Å². The van der Waals surface area contributed by atoms with Crippen molar-refractivity contribution in [2.24, 2.45) is 0 Å². The first-order valence-corrected chi connectivity index (χ1v) is 3.82. The third-order valence-corrected chi connectivity index (χ3v) is 1.13. The largest absolute Gasteiger partial charge is 0.295 e. The highest BCUT2D eigenvalue weighted by Gasteiger charge is 1.98. The van der Waals surface area contributed by atoms with Crippen LogP contribution in [0.1, 0.15) is 31.1 Å². The van der Waals surface area contributed by atoms with Crippen LogP contribution in [0.4, 0.5) is 4.39 Å². The Morgan fingerprint density at radius 1 is 1.50 bits per heavy atom. The molecular formula is C9H12FNO. The van der Waals surface area contributed by atoms with Gasteiger partial charge >= 0.3 is 0 Å². The van der Waals surface area contributed by atoms with Crippen LogP contribution >= 0.6 is 0 Å². The summed E-state index contributed by atoms with van der Waals surface area (Å²) in [5.74, 6) is -0.769. The molecule has 1 rings (SSSR count). The summed E-state index contributed by atoms with van der Waals surface area (Å²) in [6.07, 6.45) is 1.27. The van der Waals surface area contributed by atoms with Crippen LogP contribution < -0.4 is 0 Å². The van der Waals surface area contributed by atoms with Gasteiger partial charge in [-0.1, -0.05) is 13.8 Å². The molecule has 0 radical (unpaired) electrons. The van der Waals surface area contributed by atoms with Gasteiger partial charge < -0.3 is 0 Å². The highest BCUT2D eigenvalue weighted by atomic mass is 19.1. The topological polar surface area (TPSA) is 30.0 Å². The first-order valence-electron chi connectivity index (χ1n) is 3.82. The van der Waals surface area contributed by atoms with Gasteiger partial charge in [-0.3, -0.25) is 4.79 Å².